The number of aliphatic hydroxyl groups is 4. The second kappa shape index (κ2) is 30.7. The summed E-state index contributed by atoms with van der Waals surface area (Å²) in [6, 6.07) is 38.3. The summed E-state index contributed by atoms with van der Waals surface area (Å²) in [6.45, 7) is 22.8. The molecule has 0 radical (unpaired) electrons. The zero-order valence-electron chi connectivity index (χ0n) is 66.2. The van der Waals surface area contributed by atoms with Crippen LogP contribution in [0.5, 0.6) is 0 Å². The summed E-state index contributed by atoms with van der Waals surface area (Å²) in [6.07, 6.45) is 30.6. The number of nitrogens with one attached hydrogen (secondary N) is 2. The Labute approximate surface area is 668 Å². The fraction of sp³-hybridized carbons (Fsp3) is 0.426. The molecular weight excluding hydrogens is 1430 g/mol. The van der Waals surface area contributed by atoms with Gasteiger partial charge in [-0.25, -0.2) is 0 Å². The minimum absolute atomic E-state index is 0.490. The van der Waals surface area contributed by atoms with Crippen LogP contribution in [0.1, 0.15) is 199 Å². The molecule has 20 rings (SSSR count). The van der Waals surface area contributed by atoms with E-state index in [9.17, 15) is 20.4 Å². The van der Waals surface area contributed by atoms with Gasteiger partial charge in [-0.2, -0.15) is 0 Å². The van der Waals surface area contributed by atoms with Gasteiger partial charge in [0.15, 0.2) is 0 Å². The van der Waals surface area contributed by atoms with Crippen LogP contribution < -0.4 is 0 Å². The molecule has 4 saturated heterocycles. The standard InChI is InChI=1S/C26H29N3O.C23H26ClN3O.C23H27N3O.C22H24ClN3O/c1-4-11-29-23-9-13-28-12-6-8-22(28)24(23)21-15-18(2)14-19(25(21)29)16-26(3,30)20-7-5-10-27-17-20;1-23(28,16-5-3-7-25-13-16)12-15-9-17(24)10-19-20-14-27-8-4-6-18(27)11-21(20)26(2)22(15)19;1-15-9-16(12-23(2,27)17-5-3-7-24-13-17)22-19(10-15)20-14-26-8-4-6-18(26)11-21(20)25-22;1-22(27,15-4-2-7-24-13-15)12-14-10-16(23)11-17-20-18(25-21(14)17)6-9-26-8-3-5-19(20)26/h5,7,10,14-15,17,22,30H,6,8-9,12-13,16H2,1-3H3;3,5,7,9-10,13,18,28H,4,6,8,11-12,14H2,1-2H3;3,5,7,9-10,13,18,25,27H,4,6,8,11-12,14H2,1-2H3;2,4,7,10-11,13,19,25,27H,3,5-6,8-9,12H2,1H3. The Balaban J connectivity index is 0.000000108. The Hall–Kier alpha value is -8.54. The highest BCUT2D eigenvalue weighted by molar-refractivity contribution is 6.32. The fourth-order valence-corrected chi connectivity index (χ4v) is 21.3. The molecule has 0 saturated carbocycles. The van der Waals surface area contributed by atoms with Crippen LogP contribution >= 0.6 is 23.2 Å². The summed E-state index contributed by atoms with van der Waals surface area (Å²) in [7, 11) is 2.17. The number of halogens is 2. The van der Waals surface area contributed by atoms with Crippen molar-refractivity contribution >= 4 is 66.8 Å². The van der Waals surface area contributed by atoms with Crippen LogP contribution in [-0.2, 0) is 93.9 Å². The molecule has 6 N–H and O–H groups in total. The predicted molar refractivity (Wildman–Crippen MR) is 449 cm³/mol. The number of aromatic amines is 2. The van der Waals surface area contributed by atoms with Crippen molar-refractivity contribution in [1.82, 2.24) is 58.6 Å². The average molecular weight is 1540 g/mol. The molecule has 16 heterocycles. The third-order valence-electron chi connectivity index (χ3n) is 26.2. The number of aryl methyl sites for hydroxylation is 3. The summed E-state index contributed by atoms with van der Waals surface area (Å²) in [5, 5.41) is 51.5. The highest BCUT2D eigenvalue weighted by atomic mass is 35.5. The number of hydrogen-bond donors (Lipinski definition) is 6. The molecule has 12 aromatic rings. The van der Waals surface area contributed by atoms with Gasteiger partial charge in [0.1, 0.15) is 0 Å². The summed E-state index contributed by atoms with van der Waals surface area (Å²) < 4.78 is 4.58. The minimum atomic E-state index is -1.00. The first kappa shape index (κ1) is 76.1. The van der Waals surface area contributed by atoms with Crippen molar-refractivity contribution < 1.29 is 20.4 Å². The van der Waals surface area contributed by atoms with Gasteiger partial charge in [0.2, 0.25) is 0 Å². The van der Waals surface area contributed by atoms with Crippen molar-refractivity contribution in [2.24, 2.45) is 7.05 Å². The third-order valence-corrected chi connectivity index (χ3v) is 26.6. The van der Waals surface area contributed by atoms with E-state index >= 15 is 0 Å². The van der Waals surface area contributed by atoms with Gasteiger partial charge in [-0.15, -0.1) is 0 Å². The lowest BCUT2D eigenvalue weighted by Crippen LogP contribution is -2.35. The molecule has 8 aromatic heterocycles. The van der Waals surface area contributed by atoms with E-state index < -0.39 is 22.4 Å². The molecule has 8 aliphatic heterocycles. The first-order chi connectivity index (χ1) is 54.0. The number of benzene rings is 4. The van der Waals surface area contributed by atoms with Crippen molar-refractivity contribution in [1.29, 1.82) is 0 Å². The van der Waals surface area contributed by atoms with Gasteiger partial charge in [0, 0.05) is 252 Å². The first-order valence-corrected chi connectivity index (χ1v) is 41.5. The highest BCUT2D eigenvalue weighted by Crippen LogP contribution is 2.48. The van der Waals surface area contributed by atoms with Gasteiger partial charge < -0.3 is 35.0 Å². The zero-order valence-corrected chi connectivity index (χ0v) is 67.7. The maximum Gasteiger partial charge on any atom is 0.0924 e. The molecule has 8 atom stereocenters. The van der Waals surface area contributed by atoms with Crippen LogP contribution in [0.3, 0.4) is 0 Å². The van der Waals surface area contributed by atoms with Crippen molar-refractivity contribution in [3.8, 4) is 12.0 Å². The normalized spacial score (nSPS) is 21.3. The van der Waals surface area contributed by atoms with E-state index in [0.29, 0.717) is 49.9 Å². The number of aromatic nitrogens is 8. The van der Waals surface area contributed by atoms with Crippen molar-refractivity contribution in [3.05, 3.63) is 257 Å². The van der Waals surface area contributed by atoms with Gasteiger partial charge >= 0.3 is 0 Å². The maximum absolute atomic E-state index is 11.4. The van der Waals surface area contributed by atoms with Crippen LogP contribution in [-0.4, -0.2) is 130 Å². The molecule has 16 nitrogen and oxygen atoms in total. The van der Waals surface area contributed by atoms with E-state index in [1.165, 1.54) is 177 Å². The molecule has 112 heavy (non-hydrogen) atoms. The molecule has 0 bridgehead atoms. The molecule has 8 unspecified atom stereocenters. The van der Waals surface area contributed by atoms with Crippen molar-refractivity contribution in [3.63, 3.8) is 0 Å². The van der Waals surface area contributed by atoms with Crippen LogP contribution in [0.4, 0.5) is 0 Å². The summed E-state index contributed by atoms with van der Waals surface area (Å²) in [5.74, 6) is 3.14. The summed E-state index contributed by atoms with van der Waals surface area (Å²) >= 11 is 13.1. The predicted octanol–water partition coefficient (Wildman–Crippen LogP) is 16.7. The van der Waals surface area contributed by atoms with Gasteiger partial charge in [0.25, 0.3) is 0 Å². The van der Waals surface area contributed by atoms with Crippen LogP contribution in [0.15, 0.2) is 147 Å². The molecule has 0 spiro atoms. The van der Waals surface area contributed by atoms with Gasteiger partial charge in [-0.3, -0.25) is 44.1 Å². The lowest BCUT2D eigenvalue weighted by atomic mass is 9.88. The largest absolute Gasteiger partial charge is 0.385 e. The summed E-state index contributed by atoms with van der Waals surface area (Å²) in [5.41, 5.74) is 22.4. The number of nitrogens with zero attached hydrogens (tertiary/aromatic N) is 10. The molecule has 4 aromatic carbocycles. The maximum atomic E-state index is 11.4. The van der Waals surface area contributed by atoms with Gasteiger partial charge in [-0.1, -0.05) is 76.6 Å². The van der Waals surface area contributed by atoms with Crippen LogP contribution in [0, 0.1) is 25.8 Å². The van der Waals surface area contributed by atoms with Crippen molar-refractivity contribution in [2.45, 2.75) is 211 Å². The number of rotatable bonds is 12. The molecule has 18 heteroatoms. The van der Waals surface area contributed by atoms with Crippen LogP contribution in [0.25, 0.3) is 43.6 Å². The second-order valence-corrected chi connectivity index (χ2v) is 35.2. The Kier molecular flexibility index (Phi) is 20.8. The molecule has 0 aliphatic carbocycles. The highest BCUT2D eigenvalue weighted by Gasteiger charge is 2.41. The molecule has 580 valence electrons. The lowest BCUT2D eigenvalue weighted by molar-refractivity contribution is 0.0570. The van der Waals surface area contributed by atoms with Gasteiger partial charge in [0.05, 0.1) is 33.4 Å². The zero-order chi connectivity index (χ0) is 77.5. The van der Waals surface area contributed by atoms with E-state index in [4.69, 9.17) is 23.2 Å². The number of fused-ring (bicyclic) bond motifs is 18. The quantitative estimate of drug-likeness (QED) is 0.0637. The molecule has 8 aliphatic rings. The number of pyridine rings is 4. The van der Waals surface area contributed by atoms with Crippen LogP contribution in [0.2, 0.25) is 10.0 Å². The molecule has 4 fully saturated rings. The smallest absolute Gasteiger partial charge is 0.0924 e. The Morgan fingerprint density at radius 1 is 0.464 bits per heavy atom. The number of H-pyrrole nitrogens is 2. The third kappa shape index (κ3) is 14.6. The van der Waals surface area contributed by atoms with E-state index in [0.717, 1.165) is 106 Å². The molecule has 0 amide bonds. The lowest BCUT2D eigenvalue weighted by Gasteiger charge is -2.30. The van der Waals surface area contributed by atoms with E-state index in [-0.39, 0.29) is 0 Å². The van der Waals surface area contributed by atoms with Crippen molar-refractivity contribution in [2.75, 3.05) is 39.3 Å². The van der Waals surface area contributed by atoms with E-state index in [2.05, 4.69) is 128 Å². The van der Waals surface area contributed by atoms with E-state index in [1.807, 2.05) is 95.3 Å². The van der Waals surface area contributed by atoms with E-state index in [1.54, 1.807) is 49.6 Å². The molecular formula is C94H106Cl2N12O4. The Morgan fingerprint density at radius 3 is 1.46 bits per heavy atom. The minimum Gasteiger partial charge on any atom is -0.385 e. The first-order valence-electron chi connectivity index (χ1n) is 40.8. The second-order valence-electron chi connectivity index (χ2n) is 34.4. The SMILES string of the molecule is CC#Cn1c2c(c3cc(C)cc(CC(C)(O)c4cccnc4)c31)C1CCCN1CC2.CC(O)(Cc1cc(Cl)cc2c3c([nH]c12)CCN1CCCC31)c1cccnc1.Cc1cc(CC(C)(O)c2cccnc2)c2[nH]c3c(c2c1)CN1CCCC1C3.Cn1c2c(c3cc(Cl)cc(CC(C)(O)c4cccnc4)c31)CN1CCCC1C2. The fourth-order valence-electron chi connectivity index (χ4n) is 20.8. The Morgan fingerprint density at radius 2 is 0.911 bits per heavy atom. The topological polar surface area (TPSA) is 187 Å². The Bertz CT molecular complexity index is 5560. The average Bonchev–Trinajstić information content (AvgIpc) is 1.60. The summed E-state index contributed by atoms with van der Waals surface area (Å²) in [4.78, 5) is 34.7. The van der Waals surface area contributed by atoms with Gasteiger partial charge in [-0.05, 0) is 231 Å². The monoisotopic (exact) mass is 1540 g/mol. The number of hydrogen-bond acceptors (Lipinski definition) is 12.